The largest absolute Gasteiger partial charge is 0.370 e. The number of rotatable bonds is 3. The summed E-state index contributed by atoms with van der Waals surface area (Å²) in [6.07, 6.45) is 0.753. The van der Waals surface area contributed by atoms with E-state index in [0.717, 1.165) is 24.2 Å². The summed E-state index contributed by atoms with van der Waals surface area (Å²) in [6, 6.07) is 14.8. The smallest absolute Gasteiger partial charge is 0.244 e. The van der Waals surface area contributed by atoms with Gasteiger partial charge in [-0.25, -0.2) is 8.42 Å². The number of hydrogen-bond acceptors (Lipinski definition) is 4. The Bertz CT molecular complexity index is 936. The first kappa shape index (κ1) is 18.9. The number of nitrogens with zero attached hydrogens (tertiary/aromatic N) is 3. The van der Waals surface area contributed by atoms with Crippen LogP contribution in [0.3, 0.4) is 0 Å². The quantitative estimate of drug-likeness (QED) is 0.742. The van der Waals surface area contributed by atoms with E-state index in [4.69, 9.17) is 5.26 Å². The summed E-state index contributed by atoms with van der Waals surface area (Å²) >= 11 is 3.39. The molecule has 0 spiro atoms. The van der Waals surface area contributed by atoms with Crippen LogP contribution < -0.4 is 4.90 Å². The van der Waals surface area contributed by atoms with Crippen LogP contribution in [0.2, 0.25) is 0 Å². The number of aryl methyl sites for hydroxylation is 1. The molecule has 5 nitrogen and oxygen atoms in total. The lowest BCUT2D eigenvalue weighted by Gasteiger charge is -2.24. The van der Waals surface area contributed by atoms with E-state index in [1.165, 1.54) is 0 Å². The average molecular weight is 434 g/mol. The van der Waals surface area contributed by atoms with Crippen molar-refractivity contribution in [2.45, 2.75) is 18.2 Å². The Morgan fingerprint density at radius 2 is 1.77 bits per heavy atom. The van der Waals surface area contributed by atoms with Gasteiger partial charge in [-0.1, -0.05) is 6.07 Å². The molecule has 0 aliphatic carbocycles. The second-order valence-corrected chi connectivity index (χ2v) is 9.10. The van der Waals surface area contributed by atoms with Crippen LogP contribution in [-0.2, 0) is 10.0 Å². The fourth-order valence-electron chi connectivity index (χ4n) is 3.09. The van der Waals surface area contributed by atoms with Crippen LogP contribution in [0.4, 0.5) is 5.69 Å². The molecule has 0 N–H and O–H groups in total. The summed E-state index contributed by atoms with van der Waals surface area (Å²) in [5.41, 5.74) is 2.65. The van der Waals surface area contributed by atoms with Crippen LogP contribution >= 0.6 is 15.9 Å². The standard InChI is InChI=1S/C19H20BrN3O2S/c1-15-3-8-19(18(20)13-15)26(24,25)23-10-2-9-22(11-12-23)17-6-4-16(14-21)5-7-17/h3-8,13H,2,9-12H2,1H3. The van der Waals surface area contributed by atoms with E-state index in [0.29, 0.717) is 34.6 Å². The predicted molar refractivity (Wildman–Crippen MR) is 106 cm³/mol. The van der Waals surface area contributed by atoms with Gasteiger partial charge in [-0.3, -0.25) is 0 Å². The first-order chi connectivity index (χ1) is 12.4. The Morgan fingerprint density at radius 3 is 2.42 bits per heavy atom. The highest BCUT2D eigenvalue weighted by Crippen LogP contribution is 2.27. The topological polar surface area (TPSA) is 64.4 Å². The SMILES string of the molecule is Cc1ccc(S(=O)(=O)N2CCCN(c3ccc(C#N)cc3)CC2)c(Br)c1. The minimum absolute atomic E-state index is 0.315. The molecule has 0 unspecified atom stereocenters. The van der Waals surface area contributed by atoms with E-state index in [9.17, 15) is 8.42 Å². The van der Waals surface area contributed by atoms with E-state index < -0.39 is 10.0 Å². The molecule has 2 aromatic rings. The van der Waals surface area contributed by atoms with Crippen molar-refractivity contribution in [2.24, 2.45) is 0 Å². The minimum atomic E-state index is -3.53. The number of benzene rings is 2. The van der Waals surface area contributed by atoms with E-state index in [1.807, 2.05) is 31.2 Å². The van der Waals surface area contributed by atoms with Crippen molar-refractivity contribution in [3.8, 4) is 6.07 Å². The Morgan fingerprint density at radius 1 is 1.04 bits per heavy atom. The van der Waals surface area contributed by atoms with Gasteiger partial charge in [0.1, 0.15) is 0 Å². The molecule has 0 saturated carbocycles. The fourth-order valence-corrected chi connectivity index (χ4v) is 5.72. The molecule has 136 valence electrons. The molecule has 1 aliphatic heterocycles. The van der Waals surface area contributed by atoms with Gasteiger partial charge in [0.15, 0.2) is 0 Å². The maximum absolute atomic E-state index is 13.0. The molecule has 0 radical (unpaired) electrons. The molecule has 0 bridgehead atoms. The third-order valence-electron chi connectivity index (χ3n) is 4.52. The van der Waals surface area contributed by atoms with Crippen molar-refractivity contribution in [2.75, 3.05) is 31.1 Å². The molecule has 0 aromatic heterocycles. The van der Waals surface area contributed by atoms with Crippen molar-refractivity contribution in [1.82, 2.24) is 4.31 Å². The monoisotopic (exact) mass is 433 g/mol. The van der Waals surface area contributed by atoms with Crippen molar-refractivity contribution in [1.29, 1.82) is 5.26 Å². The van der Waals surface area contributed by atoms with Gasteiger partial charge in [0.25, 0.3) is 0 Å². The van der Waals surface area contributed by atoms with Crippen LogP contribution in [0.25, 0.3) is 0 Å². The van der Waals surface area contributed by atoms with Gasteiger partial charge < -0.3 is 4.90 Å². The summed E-state index contributed by atoms with van der Waals surface area (Å²) in [4.78, 5) is 2.48. The molecule has 1 saturated heterocycles. The van der Waals surface area contributed by atoms with Crippen molar-refractivity contribution in [3.63, 3.8) is 0 Å². The Balaban J connectivity index is 1.78. The van der Waals surface area contributed by atoms with Gasteiger partial charge in [-0.15, -0.1) is 0 Å². The Kier molecular flexibility index (Phi) is 5.66. The number of nitriles is 1. The lowest BCUT2D eigenvalue weighted by molar-refractivity contribution is 0.433. The van der Waals surface area contributed by atoms with E-state index in [1.54, 1.807) is 22.5 Å². The molecule has 1 fully saturated rings. The highest BCUT2D eigenvalue weighted by atomic mass is 79.9. The van der Waals surface area contributed by atoms with Gasteiger partial charge in [0, 0.05) is 36.3 Å². The molecule has 0 atom stereocenters. The van der Waals surface area contributed by atoms with Gasteiger partial charge in [0.05, 0.1) is 16.5 Å². The third kappa shape index (κ3) is 3.93. The molecule has 1 aliphatic rings. The normalized spacial score (nSPS) is 16.1. The van der Waals surface area contributed by atoms with Crippen molar-refractivity contribution < 1.29 is 8.42 Å². The molecule has 1 heterocycles. The summed E-state index contributed by atoms with van der Waals surface area (Å²) in [5, 5.41) is 8.92. The van der Waals surface area contributed by atoms with Crippen molar-refractivity contribution >= 4 is 31.6 Å². The van der Waals surface area contributed by atoms with Crippen LogP contribution in [0, 0.1) is 18.3 Å². The first-order valence-corrected chi connectivity index (χ1v) is 10.7. The lowest BCUT2D eigenvalue weighted by Crippen LogP contribution is -2.35. The maximum atomic E-state index is 13.0. The zero-order chi connectivity index (χ0) is 18.7. The molecular formula is C19H20BrN3O2S. The highest BCUT2D eigenvalue weighted by molar-refractivity contribution is 9.10. The van der Waals surface area contributed by atoms with E-state index in [2.05, 4.69) is 26.9 Å². The summed E-state index contributed by atoms with van der Waals surface area (Å²) in [6.45, 7) is 4.27. The molecule has 3 rings (SSSR count). The van der Waals surface area contributed by atoms with Gasteiger partial charge >= 0.3 is 0 Å². The second-order valence-electron chi connectivity index (χ2n) is 6.34. The third-order valence-corrected chi connectivity index (χ3v) is 7.40. The molecule has 0 amide bonds. The number of hydrogen-bond donors (Lipinski definition) is 0. The van der Waals surface area contributed by atoms with Gasteiger partial charge in [0.2, 0.25) is 10.0 Å². The van der Waals surface area contributed by atoms with Gasteiger partial charge in [-0.05, 0) is 71.2 Å². The van der Waals surface area contributed by atoms with Crippen LogP contribution in [0.1, 0.15) is 17.5 Å². The molecule has 26 heavy (non-hydrogen) atoms. The highest BCUT2D eigenvalue weighted by Gasteiger charge is 2.28. The predicted octanol–water partition coefficient (Wildman–Crippen LogP) is 3.53. The summed E-state index contributed by atoms with van der Waals surface area (Å²) in [7, 11) is -3.53. The molecule has 7 heteroatoms. The Hall–Kier alpha value is -1.88. The minimum Gasteiger partial charge on any atom is -0.370 e. The zero-order valence-electron chi connectivity index (χ0n) is 14.5. The number of halogens is 1. The second kappa shape index (κ2) is 7.78. The lowest BCUT2D eigenvalue weighted by atomic mass is 10.2. The average Bonchev–Trinajstić information content (AvgIpc) is 2.88. The number of anilines is 1. The molecule has 2 aromatic carbocycles. The van der Waals surface area contributed by atoms with E-state index in [-0.39, 0.29) is 0 Å². The summed E-state index contributed by atoms with van der Waals surface area (Å²) < 4.78 is 28.2. The van der Waals surface area contributed by atoms with Crippen LogP contribution in [0.15, 0.2) is 51.8 Å². The zero-order valence-corrected chi connectivity index (χ0v) is 16.9. The van der Waals surface area contributed by atoms with Crippen LogP contribution in [0.5, 0.6) is 0 Å². The first-order valence-electron chi connectivity index (χ1n) is 8.43. The van der Waals surface area contributed by atoms with E-state index >= 15 is 0 Å². The van der Waals surface area contributed by atoms with Crippen molar-refractivity contribution in [3.05, 3.63) is 58.1 Å². The van der Waals surface area contributed by atoms with Gasteiger partial charge in [-0.2, -0.15) is 9.57 Å². The van der Waals surface area contributed by atoms with Crippen LogP contribution in [-0.4, -0.2) is 38.9 Å². The molecular weight excluding hydrogens is 414 g/mol. The Labute approximate surface area is 163 Å². The summed E-state index contributed by atoms with van der Waals surface area (Å²) in [5.74, 6) is 0. The number of sulfonamides is 1. The maximum Gasteiger partial charge on any atom is 0.244 e. The fraction of sp³-hybridized carbons (Fsp3) is 0.316.